The molecule has 0 bridgehead atoms. The van der Waals surface area contributed by atoms with Gasteiger partial charge in [0.1, 0.15) is 0 Å². The molecule has 0 radical (unpaired) electrons. The van der Waals surface area contributed by atoms with Crippen LogP contribution in [0.5, 0.6) is 0 Å². The number of carbonyl (C=O) groups is 1. The highest BCUT2D eigenvalue weighted by atomic mass is 32.1. The van der Waals surface area contributed by atoms with Gasteiger partial charge in [0.2, 0.25) is 0 Å². The van der Waals surface area contributed by atoms with Crippen LogP contribution in [-0.2, 0) is 0 Å². The molecule has 0 saturated heterocycles. The molecule has 2 amide bonds. The first-order valence-electron chi connectivity index (χ1n) is 5.38. The van der Waals surface area contributed by atoms with Gasteiger partial charge in [-0.15, -0.1) is 0 Å². The summed E-state index contributed by atoms with van der Waals surface area (Å²) < 4.78 is 0. The highest BCUT2D eigenvalue weighted by Gasteiger charge is 1.99. The summed E-state index contributed by atoms with van der Waals surface area (Å²) in [6, 6.07) is 9.16. The summed E-state index contributed by atoms with van der Waals surface area (Å²) >= 11 is 5.00. The zero-order valence-electron chi connectivity index (χ0n) is 9.62. The number of hydrazine groups is 1. The van der Waals surface area contributed by atoms with Crippen LogP contribution in [0.3, 0.4) is 0 Å². The van der Waals surface area contributed by atoms with E-state index < -0.39 is 0 Å². The molecule has 0 saturated carbocycles. The Morgan fingerprint density at radius 1 is 1.24 bits per heavy atom. The van der Waals surface area contributed by atoms with Crippen LogP contribution in [-0.4, -0.2) is 17.7 Å². The number of amides is 2. The van der Waals surface area contributed by atoms with Gasteiger partial charge in [0.05, 0.1) is 0 Å². The molecule has 0 unspecified atom stereocenters. The largest absolute Gasteiger partial charge is 0.337 e. The van der Waals surface area contributed by atoms with Crippen molar-refractivity contribution in [3.63, 3.8) is 0 Å². The fourth-order valence-corrected chi connectivity index (χ4v) is 1.25. The van der Waals surface area contributed by atoms with Crippen molar-refractivity contribution in [3.05, 3.63) is 30.3 Å². The van der Waals surface area contributed by atoms with Gasteiger partial charge in [0.25, 0.3) is 0 Å². The first-order valence-corrected chi connectivity index (χ1v) is 5.79. The zero-order valence-corrected chi connectivity index (χ0v) is 10.4. The number of rotatable bonds is 3. The molecule has 4 N–H and O–H groups in total. The average molecular weight is 252 g/mol. The third-order valence-corrected chi connectivity index (χ3v) is 2.06. The molecule has 6 heteroatoms. The number of hydrogen-bond donors (Lipinski definition) is 4. The fraction of sp³-hybridized carbons (Fsp3) is 0.273. The molecule has 0 aliphatic carbocycles. The van der Waals surface area contributed by atoms with Crippen LogP contribution < -0.4 is 21.5 Å². The first kappa shape index (κ1) is 13.2. The molecular formula is C11H16N4OS. The van der Waals surface area contributed by atoms with Crippen LogP contribution in [0, 0.1) is 0 Å². The molecule has 1 aromatic rings. The number of hydrogen-bond acceptors (Lipinski definition) is 2. The molecule has 17 heavy (non-hydrogen) atoms. The molecular weight excluding hydrogens is 236 g/mol. The van der Waals surface area contributed by atoms with Gasteiger partial charge in [-0.05, 0) is 30.8 Å². The summed E-state index contributed by atoms with van der Waals surface area (Å²) in [5.41, 5.74) is 5.89. The third kappa shape index (κ3) is 5.72. The van der Waals surface area contributed by atoms with Gasteiger partial charge in [0, 0.05) is 12.2 Å². The van der Waals surface area contributed by atoms with Gasteiger partial charge < -0.3 is 10.6 Å². The molecule has 1 aromatic carbocycles. The van der Waals surface area contributed by atoms with E-state index in [9.17, 15) is 4.79 Å². The molecule has 0 atom stereocenters. The molecule has 0 fully saturated rings. The Labute approximate surface area is 106 Å². The third-order valence-electron chi connectivity index (χ3n) is 1.86. The highest BCUT2D eigenvalue weighted by molar-refractivity contribution is 7.80. The monoisotopic (exact) mass is 252 g/mol. The summed E-state index contributed by atoms with van der Waals surface area (Å²) in [7, 11) is 0. The van der Waals surface area contributed by atoms with Crippen LogP contribution in [0.15, 0.2) is 30.3 Å². The van der Waals surface area contributed by atoms with Gasteiger partial charge in [0.15, 0.2) is 5.11 Å². The topological polar surface area (TPSA) is 65.2 Å². The van der Waals surface area contributed by atoms with Crippen molar-refractivity contribution < 1.29 is 4.79 Å². The minimum atomic E-state index is -0.302. The Morgan fingerprint density at radius 2 is 1.94 bits per heavy atom. The molecule has 5 nitrogen and oxygen atoms in total. The molecule has 1 rings (SSSR count). The van der Waals surface area contributed by atoms with Crippen LogP contribution in [0.2, 0.25) is 0 Å². The van der Waals surface area contributed by atoms with Crippen molar-refractivity contribution in [2.45, 2.75) is 13.3 Å². The number of carbonyl (C=O) groups excluding carboxylic acids is 1. The predicted molar refractivity (Wildman–Crippen MR) is 72.6 cm³/mol. The number of anilines is 1. The summed E-state index contributed by atoms with van der Waals surface area (Å²) in [4.78, 5) is 11.2. The van der Waals surface area contributed by atoms with Crippen molar-refractivity contribution in [1.82, 2.24) is 16.2 Å². The van der Waals surface area contributed by atoms with Gasteiger partial charge in [-0.25, -0.2) is 10.2 Å². The maximum atomic E-state index is 11.2. The molecule has 0 spiro atoms. The normalized spacial score (nSPS) is 9.24. The van der Waals surface area contributed by atoms with Crippen LogP contribution in [0.25, 0.3) is 0 Å². The average Bonchev–Trinajstić information content (AvgIpc) is 2.35. The second kappa shape index (κ2) is 7.45. The lowest BCUT2D eigenvalue weighted by Crippen LogP contribution is -2.48. The molecule has 0 aromatic heterocycles. The minimum absolute atomic E-state index is 0.302. The van der Waals surface area contributed by atoms with Crippen molar-refractivity contribution in [3.8, 4) is 0 Å². The van der Waals surface area contributed by atoms with Crippen molar-refractivity contribution >= 4 is 29.0 Å². The van der Waals surface area contributed by atoms with E-state index in [-0.39, 0.29) is 6.03 Å². The first-order chi connectivity index (χ1) is 8.22. The molecule has 0 aliphatic rings. The van der Waals surface area contributed by atoms with Crippen LogP contribution >= 0.6 is 12.2 Å². The Hall–Kier alpha value is -1.82. The van der Waals surface area contributed by atoms with Gasteiger partial charge in [-0.2, -0.15) is 0 Å². The van der Waals surface area contributed by atoms with E-state index in [4.69, 9.17) is 12.2 Å². The molecule has 0 aliphatic heterocycles. The number of thiocarbonyl (C=S) groups is 1. The number of para-hydroxylation sites is 1. The quantitative estimate of drug-likeness (QED) is 0.487. The lowest BCUT2D eigenvalue weighted by molar-refractivity contribution is 0.239. The Bertz CT molecular complexity index is 369. The van der Waals surface area contributed by atoms with Crippen molar-refractivity contribution in [2.24, 2.45) is 0 Å². The van der Waals surface area contributed by atoms with E-state index in [1.807, 2.05) is 37.3 Å². The summed E-state index contributed by atoms with van der Waals surface area (Å²) in [6.45, 7) is 2.61. The standard InChI is InChI=1S/C11H16N4OS/c1-2-8-12-10(16)14-15-11(17)13-9-6-4-3-5-7-9/h3-7H,2,8H2,1H3,(H2,12,14,16)(H2,13,15,17). The summed E-state index contributed by atoms with van der Waals surface area (Å²) in [5, 5.41) is 5.92. The maximum absolute atomic E-state index is 11.2. The van der Waals surface area contributed by atoms with Gasteiger partial charge >= 0.3 is 6.03 Å². The fourth-order valence-electron chi connectivity index (χ4n) is 1.08. The van der Waals surface area contributed by atoms with E-state index in [1.165, 1.54) is 0 Å². The second-order valence-corrected chi connectivity index (χ2v) is 3.73. The number of urea groups is 1. The Balaban J connectivity index is 2.24. The minimum Gasteiger partial charge on any atom is -0.337 e. The van der Waals surface area contributed by atoms with Crippen LogP contribution in [0.4, 0.5) is 10.5 Å². The van der Waals surface area contributed by atoms with E-state index in [0.29, 0.717) is 11.7 Å². The SMILES string of the molecule is CCCNC(=O)NNC(=S)Nc1ccccc1. The lowest BCUT2D eigenvalue weighted by atomic mass is 10.3. The maximum Gasteiger partial charge on any atom is 0.333 e. The van der Waals surface area contributed by atoms with Crippen molar-refractivity contribution in [2.75, 3.05) is 11.9 Å². The van der Waals surface area contributed by atoms with Gasteiger partial charge in [-0.3, -0.25) is 5.43 Å². The van der Waals surface area contributed by atoms with Gasteiger partial charge in [-0.1, -0.05) is 25.1 Å². The summed E-state index contributed by atoms with van der Waals surface area (Å²) in [5.74, 6) is 0. The predicted octanol–water partition coefficient (Wildman–Crippen LogP) is 1.60. The van der Waals surface area contributed by atoms with Crippen LogP contribution in [0.1, 0.15) is 13.3 Å². The lowest BCUT2D eigenvalue weighted by Gasteiger charge is -2.11. The number of nitrogens with one attached hydrogen (secondary N) is 4. The van der Waals surface area contributed by atoms with E-state index >= 15 is 0 Å². The highest BCUT2D eigenvalue weighted by Crippen LogP contribution is 2.03. The van der Waals surface area contributed by atoms with E-state index in [2.05, 4.69) is 21.5 Å². The molecule has 0 heterocycles. The Kier molecular flexibility index (Phi) is 5.81. The number of benzene rings is 1. The zero-order chi connectivity index (χ0) is 12.5. The van der Waals surface area contributed by atoms with Crippen molar-refractivity contribution in [1.29, 1.82) is 0 Å². The van der Waals surface area contributed by atoms with E-state index in [0.717, 1.165) is 12.1 Å². The smallest absolute Gasteiger partial charge is 0.333 e. The molecule has 92 valence electrons. The second-order valence-electron chi connectivity index (χ2n) is 3.33. The Morgan fingerprint density at radius 3 is 2.59 bits per heavy atom. The van der Waals surface area contributed by atoms with E-state index in [1.54, 1.807) is 0 Å². The summed E-state index contributed by atoms with van der Waals surface area (Å²) in [6.07, 6.45) is 0.889.